The highest BCUT2D eigenvalue weighted by atomic mass is 16.2. The van der Waals surface area contributed by atoms with Crippen molar-refractivity contribution in [3.8, 4) is 5.69 Å². The molecule has 2 aromatic rings. The van der Waals surface area contributed by atoms with Crippen molar-refractivity contribution in [1.82, 2.24) is 20.0 Å². The molecule has 1 aliphatic heterocycles. The highest BCUT2D eigenvalue weighted by Gasteiger charge is 2.30. The molecule has 0 saturated carbocycles. The summed E-state index contributed by atoms with van der Waals surface area (Å²) in [7, 11) is 0. The van der Waals surface area contributed by atoms with Gasteiger partial charge in [-0.2, -0.15) is 5.10 Å². The van der Waals surface area contributed by atoms with Gasteiger partial charge < -0.3 is 10.2 Å². The quantitative estimate of drug-likeness (QED) is 0.922. The van der Waals surface area contributed by atoms with E-state index in [4.69, 9.17) is 0 Å². The van der Waals surface area contributed by atoms with Crippen molar-refractivity contribution in [1.29, 1.82) is 0 Å². The zero-order chi connectivity index (χ0) is 15.7. The van der Waals surface area contributed by atoms with Gasteiger partial charge in [-0.05, 0) is 32.9 Å². The molecule has 22 heavy (non-hydrogen) atoms. The first-order valence-electron chi connectivity index (χ1n) is 7.74. The number of amides is 1. The van der Waals surface area contributed by atoms with Crippen molar-refractivity contribution in [2.75, 3.05) is 13.1 Å². The summed E-state index contributed by atoms with van der Waals surface area (Å²) in [6, 6.07) is 10.4. The fourth-order valence-corrected chi connectivity index (χ4v) is 2.88. The molecule has 1 aromatic heterocycles. The molecule has 1 fully saturated rings. The lowest BCUT2D eigenvalue weighted by molar-refractivity contribution is 0.0602. The number of para-hydroxylation sites is 1. The Morgan fingerprint density at radius 2 is 2.00 bits per heavy atom. The van der Waals surface area contributed by atoms with Gasteiger partial charge in [0.25, 0.3) is 5.91 Å². The van der Waals surface area contributed by atoms with Crippen LogP contribution in [0.5, 0.6) is 0 Å². The molecule has 1 N–H and O–H groups in total. The molecule has 5 nitrogen and oxygen atoms in total. The van der Waals surface area contributed by atoms with E-state index in [9.17, 15) is 4.79 Å². The van der Waals surface area contributed by atoms with Crippen LogP contribution in [0.2, 0.25) is 0 Å². The number of aromatic nitrogens is 2. The van der Waals surface area contributed by atoms with Gasteiger partial charge in [0.15, 0.2) is 0 Å². The van der Waals surface area contributed by atoms with E-state index in [0.29, 0.717) is 11.6 Å². The van der Waals surface area contributed by atoms with Crippen molar-refractivity contribution in [3.05, 3.63) is 47.8 Å². The summed E-state index contributed by atoms with van der Waals surface area (Å²) in [5.74, 6) is 0.0699. The fraction of sp³-hybridized carbons (Fsp3) is 0.412. The van der Waals surface area contributed by atoms with Crippen molar-refractivity contribution in [2.45, 2.75) is 32.9 Å². The summed E-state index contributed by atoms with van der Waals surface area (Å²) in [4.78, 5) is 14.8. The topological polar surface area (TPSA) is 50.2 Å². The molecule has 0 aliphatic carbocycles. The second kappa shape index (κ2) is 5.93. The number of nitrogens with zero attached hydrogens (tertiary/aromatic N) is 3. The number of aryl methyl sites for hydroxylation is 1. The summed E-state index contributed by atoms with van der Waals surface area (Å²) < 4.78 is 1.78. The maximum absolute atomic E-state index is 12.9. The number of carbonyl (C=O) groups excluding carboxylic acids is 1. The summed E-state index contributed by atoms with van der Waals surface area (Å²) in [6.07, 6.45) is 1.84. The van der Waals surface area contributed by atoms with Crippen LogP contribution in [0.15, 0.2) is 36.5 Å². The highest BCUT2D eigenvalue weighted by Crippen LogP contribution is 2.17. The standard InChI is InChI=1S/C17H22N4O/c1-12-14(3)20(10-9-18-12)17(22)16-11-21(19-13(16)2)15-7-5-4-6-8-15/h4-8,11-12,14,18H,9-10H2,1-3H3. The van der Waals surface area contributed by atoms with Gasteiger partial charge in [-0.25, -0.2) is 4.68 Å². The van der Waals surface area contributed by atoms with Crippen LogP contribution in [0.3, 0.4) is 0 Å². The molecule has 2 unspecified atom stereocenters. The van der Waals surface area contributed by atoms with Gasteiger partial charge in [-0.15, -0.1) is 0 Å². The van der Waals surface area contributed by atoms with Crippen LogP contribution < -0.4 is 5.32 Å². The van der Waals surface area contributed by atoms with Crippen LogP contribution in [0, 0.1) is 6.92 Å². The number of nitrogens with one attached hydrogen (secondary N) is 1. The summed E-state index contributed by atoms with van der Waals surface area (Å²) >= 11 is 0. The molecule has 1 saturated heterocycles. The van der Waals surface area contributed by atoms with Crippen molar-refractivity contribution in [3.63, 3.8) is 0 Å². The Balaban J connectivity index is 1.89. The Hall–Kier alpha value is -2.14. The number of hydrogen-bond donors (Lipinski definition) is 1. The van der Waals surface area contributed by atoms with Gasteiger partial charge >= 0.3 is 0 Å². The first-order valence-corrected chi connectivity index (χ1v) is 7.74. The normalized spacial score (nSPS) is 21.9. The van der Waals surface area contributed by atoms with Gasteiger partial charge in [0.05, 0.1) is 16.9 Å². The first kappa shape index (κ1) is 14.8. The number of rotatable bonds is 2. The molecule has 2 atom stereocenters. The first-order chi connectivity index (χ1) is 10.6. The molecule has 0 radical (unpaired) electrons. The predicted octanol–water partition coefficient (Wildman–Crippen LogP) is 2.00. The van der Waals surface area contributed by atoms with E-state index in [2.05, 4.69) is 24.3 Å². The number of hydrogen-bond acceptors (Lipinski definition) is 3. The molecule has 116 valence electrons. The third kappa shape index (κ3) is 2.64. The third-order valence-electron chi connectivity index (χ3n) is 4.45. The maximum Gasteiger partial charge on any atom is 0.257 e. The zero-order valence-electron chi connectivity index (χ0n) is 13.3. The summed E-state index contributed by atoms with van der Waals surface area (Å²) in [5.41, 5.74) is 2.42. The lowest BCUT2D eigenvalue weighted by Crippen LogP contribution is -2.57. The minimum Gasteiger partial charge on any atom is -0.333 e. The largest absolute Gasteiger partial charge is 0.333 e. The lowest BCUT2D eigenvalue weighted by Gasteiger charge is -2.38. The monoisotopic (exact) mass is 298 g/mol. The number of piperazine rings is 1. The Labute approximate surface area is 130 Å². The molecule has 3 rings (SSSR count). The van der Waals surface area contributed by atoms with Crippen LogP contribution in [-0.2, 0) is 0 Å². The van der Waals surface area contributed by atoms with E-state index in [1.807, 2.05) is 48.4 Å². The van der Waals surface area contributed by atoms with Gasteiger partial charge in [0, 0.05) is 31.4 Å². The van der Waals surface area contributed by atoms with E-state index >= 15 is 0 Å². The van der Waals surface area contributed by atoms with Crippen molar-refractivity contribution < 1.29 is 4.79 Å². The lowest BCUT2D eigenvalue weighted by atomic mass is 10.1. The SMILES string of the molecule is Cc1nn(-c2ccccc2)cc1C(=O)N1CCNC(C)C1C. The van der Waals surface area contributed by atoms with Gasteiger partial charge in [-0.1, -0.05) is 18.2 Å². The minimum atomic E-state index is 0.0699. The third-order valence-corrected chi connectivity index (χ3v) is 4.45. The average Bonchev–Trinajstić information content (AvgIpc) is 2.92. The van der Waals surface area contributed by atoms with Crippen molar-refractivity contribution >= 4 is 5.91 Å². The molecule has 2 heterocycles. The molecular weight excluding hydrogens is 276 g/mol. The molecule has 5 heteroatoms. The smallest absolute Gasteiger partial charge is 0.257 e. The van der Waals surface area contributed by atoms with Gasteiger partial charge in [0.1, 0.15) is 0 Å². The Bertz CT molecular complexity index is 665. The second-order valence-electron chi connectivity index (χ2n) is 5.89. The summed E-state index contributed by atoms with van der Waals surface area (Å²) in [5, 5.41) is 7.89. The average molecular weight is 298 g/mol. The van der Waals surface area contributed by atoms with Crippen LogP contribution >= 0.6 is 0 Å². The van der Waals surface area contributed by atoms with E-state index in [1.54, 1.807) is 4.68 Å². The molecular formula is C17H22N4O. The second-order valence-corrected chi connectivity index (χ2v) is 5.89. The molecule has 0 spiro atoms. The predicted molar refractivity (Wildman–Crippen MR) is 86.3 cm³/mol. The summed E-state index contributed by atoms with van der Waals surface area (Å²) in [6.45, 7) is 7.67. The molecule has 0 bridgehead atoms. The minimum absolute atomic E-state index is 0.0699. The zero-order valence-corrected chi connectivity index (χ0v) is 13.3. The van der Waals surface area contributed by atoms with Crippen LogP contribution in [0.1, 0.15) is 29.9 Å². The number of carbonyl (C=O) groups is 1. The Morgan fingerprint density at radius 1 is 1.27 bits per heavy atom. The van der Waals surface area contributed by atoms with Crippen LogP contribution in [0.25, 0.3) is 5.69 Å². The van der Waals surface area contributed by atoms with E-state index in [-0.39, 0.29) is 11.9 Å². The van der Waals surface area contributed by atoms with E-state index < -0.39 is 0 Å². The highest BCUT2D eigenvalue weighted by molar-refractivity contribution is 5.95. The molecule has 1 aromatic carbocycles. The van der Waals surface area contributed by atoms with E-state index in [1.165, 1.54) is 0 Å². The Morgan fingerprint density at radius 3 is 2.73 bits per heavy atom. The fourth-order valence-electron chi connectivity index (χ4n) is 2.88. The van der Waals surface area contributed by atoms with E-state index in [0.717, 1.165) is 24.5 Å². The molecule has 1 aliphatic rings. The van der Waals surface area contributed by atoms with Crippen molar-refractivity contribution in [2.24, 2.45) is 0 Å². The van der Waals surface area contributed by atoms with Gasteiger partial charge in [-0.3, -0.25) is 4.79 Å². The molecule has 1 amide bonds. The Kier molecular flexibility index (Phi) is 3.98. The number of benzene rings is 1. The van der Waals surface area contributed by atoms with Crippen LogP contribution in [-0.4, -0.2) is 45.8 Å². The van der Waals surface area contributed by atoms with Crippen LogP contribution in [0.4, 0.5) is 0 Å². The maximum atomic E-state index is 12.9. The van der Waals surface area contributed by atoms with Gasteiger partial charge in [0.2, 0.25) is 0 Å².